The highest BCUT2D eigenvalue weighted by Crippen LogP contribution is 2.21. The molecule has 0 spiro atoms. The lowest BCUT2D eigenvalue weighted by atomic mass is 10.2. The van der Waals surface area contributed by atoms with Crippen LogP contribution in [0.4, 0.5) is 0 Å². The lowest BCUT2D eigenvalue weighted by Crippen LogP contribution is -1.98. The van der Waals surface area contributed by atoms with E-state index in [4.69, 9.17) is 16.3 Å². The van der Waals surface area contributed by atoms with Crippen molar-refractivity contribution >= 4 is 34.5 Å². The Kier molecular flexibility index (Phi) is 3.95. The van der Waals surface area contributed by atoms with Crippen LogP contribution >= 0.6 is 11.6 Å². The zero-order valence-corrected chi connectivity index (χ0v) is 10.6. The zero-order valence-electron chi connectivity index (χ0n) is 9.89. The van der Waals surface area contributed by atoms with Crippen LogP contribution in [0.25, 0.3) is 17.0 Å². The Labute approximate surface area is 110 Å². The summed E-state index contributed by atoms with van der Waals surface area (Å²) in [5.74, 6) is -0.376. The smallest absolute Gasteiger partial charge is 0.330 e. The van der Waals surface area contributed by atoms with E-state index in [2.05, 4.69) is 4.98 Å². The van der Waals surface area contributed by atoms with Gasteiger partial charge in [-0.15, -0.1) is 0 Å². The first-order valence-corrected chi connectivity index (χ1v) is 5.98. The fourth-order valence-corrected chi connectivity index (χ4v) is 1.79. The average Bonchev–Trinajstić information content (AvgIpc) is 2.37. The number of para-hydroxylation sites is 1. The lowest BCUT2D eigenvalue weighted by Gasteiger charge is -2.01. The number of aromatic nitrogens is 1. The molecule has 3 nitrogen and oxygen atoms in total. The molecule has 4 heteroatoms. The Bertz CT molecular complexity index is 608. The van der Waals surface area contributed by atoms with Crippen molar-refractivity contribution in [1.82, 2.24) is 4.98 Å². The number of fused-ring (bicyclic) bond motifs is 1. The molecule has 0 saturated heterocycles. The molecule has 0 unspecified atom stereocenters. The number of benzene rings is 1. The van der Waals surface area contributed by atoms with Crippen LogP contribution in [-0.2, 0) is 9.53 Å². The third-order valence-electron chi connectivity index (χ3n) is 2.37. The summed E-state index contributed by atoms with van der Waals surface area (Å²) in [6, 6.07) is 9.34. The van der Waals surface area contributed by atoms with Crippen LogP contribution in [0.5, 0.6) is 0 Å². The van der Waals surface area contributed by atoms with Crippen LogP contribution < -0.4 is 0 Å². The fraction of sp³-hybridized carbons (Fsp3) is 0.143. The Hall–Kier alpha value is -1.87. The maximum Gasteiger partial charge on any atom is 0.330 e. The van der Waals surface area contributed by atoms with E-state index < -0.39 is 0 Å². The normalized spacial score (nSPS) is 11.0. The molecule has 0 atom stereocenters. The number of pyridine rings is 1. The highest BCUT2D eigenvalue weighted by molar-refractivity contribution is 6.35. The summed E-state index contributed by atoms with van der Waals surface area (Å²) in [6.07, 6.45) is 2.97. The van der Waals surface area contributed by atoms with Gasteiger partial charge in [-0.25, -0.2) is 9.78 Å². The summed E-state index contributed by atoms with van der Waals surface area (Å²) < 4.78 is 4.80. The van der Waals surface area contributed by atoms with Crippen molar-refractivity contribution in [2.75, 3.05) is 6.61 Å². The molecule has 1 aromatic heterocycles. The standard InChI is InChI=1S/C14H12ClNO2/c1-2-18-13(17)9-8-11-7-6-10-4-3-5-12(15)14(10)16-11/h3-9H,2H2,1H3/b9-8+. The van der Waals surface area contributed by atoms with Gasteiger partial charge in [-0.2, -0.15) is 0 Å². The summed E-state index contributed by atoms with van der Waals surface area (Å²) >= 11 is 6.06. The van der Waals surface area contributed by atoms with Crippen molar-refractivity contribution in [2.24, 2.45) is 0 Å². The number of esters is 1. The van der Waals surface area contributed by atoms with E-state index in [0.717, 1.165) is 10.9 Å². The summed E-state index contributed by atoms with van der Waals surface area (Å²) in [5, 5.41) is 1.56. The number of carbonyl (C=O) groups is 1. The van der Waals surface area contributed by atoms with Crippen molar-refractivity contribution in [2.45, 2.75) is 6.92 Å². The van der Waals surface area contributed by atoms with Crippen molar-refractivity contribution in [3.63, 3.8) is 0 Å². The van der Waals surface area contributed by atoms with Crippen LogP contribution in [0.15, 0.2) is 36.4 Å². The van der Waals surface area contributed by atoms with Gasteiger partial charge in [0.1, 0.15) is 0 Å². The Morgan fingerprint density at radius 1 is 1.39 bits per heavy atom. The Morgan fingerprint density at radius 3 is 3.00 bits per heavy atom. The molecule has 1 heterocycles. The summed E-state index contributed by atoms with van der Waals surface area (Å²) in [4.78, 5) is 15.6. The number of halogens is 1. The van der Waals surface area contributed by atoms with Crippen molar-refractivity contribution in [3.05, 3.63) is 47.1 Å². The van der Waals surface area contributed by atoms with Crippen LogP contribution in [0.3, 0.4) is 0 Å². The molecule has 0 saturated carbocycles. The highest BCUT2D eigenvalue weighted by atomic mass is 35.5. The van der Waals surface area contributed by atoms with E-state index in [0.29, 0.717) is 17.3 Å². The average molecular weight is 262 g/mol. The molecule has 0 N–H and O–H groups in total. The van der Waals surface area contributed by atoms with Crippen LogP contribution in [-0.4, -0.2) is 17.6 Å². The molecule has 18 heavy (non-hydrogen) atoms. The minimum atomic E-state index is -0.376. The Morgan fingerprint density at radius 2 is 2.22 bits per heavy atom. The first-order valence-electron chi connectivity index (χ1n) is 5.61. The second-order valence-corrected chi connectivity index (χ2v) is 4.04. The van der Waals surface area contributed by atoms with Gasteiger partial charge in [0.15, 0.2) is 0 Å². The van der Waals surface area contributed by atoms with Gasteiger partial charge >= 0.3 is 5.97 Å². The second-order valence-electron chi connectivity index (χ2n) is 3.63. The molecule has 2 aromatic rings. The minimum absolute atomic E-state index is 0.361. The van der Waals surface area contributed by atoms with Gasteiger partial charge in [0.2, 0.25) is 0 Å². The van der Waals surface area contributed by atoms with Crippen LogP contribution in [0, 0.1) is 0 Å². The van der Waals surface area contributed by atoms with Gasteiger partial charge in [0, 0.05) is 11.5 Å². The predicted molar refractivity (Wildman–Crippen MR) is 72.4 cm³/mol. The third kappa shape index (κ3) is 2.87. The molecule has 0 fully saturated rings. The predicted octanol–water partition coefficient (Wildman–Crippen LogP) is 3.46. The number of hydrogen-bond acceptors (Lipinski definition) is 3. The molecule has 0 aliphatic heterocycles. The molecule has 0 bridgehead atoms. The molecule has 0 amide bonds. The molecule has 0 radical (unpaired) electrons. The van der Waals surface area contributed by atoms with E-state index in [1.54, 1.807) is 19.1 Å². The van der Waals surface area contributed by atoms with Gasteiger partial charge in [0.05, 0.1) is 22.8 Å². The monoisotopic (exact) mass is 261 g/mol. The van der Waals surface area contributed by atoms with E-state index in [9.17, 15) is 4.79 Å². The number of nitrogens with zero attached hydrogens (tertiary/aromatic N) is 1. The topological polar surface area (TPSA) is 39.2 Å². The maximum absolute atomic E-state index is 11.2. The van der Waals surface area contributed by atoms with E-state index in [1.165, 1.54) is 6.08 Å². The molecule has 92 valence electrons. The van der Waals surface area contributed by atoms with Gasteiger partial charge in [-0.05, 0) is 25.1 Å². The molecule has 0 aliphatic rings. The van der Waals surface area contributed by atoms with Gasteiger partial charge < -0.3 is 4.74 Å². The lowest BCUT2D eigenvalue weighted by molar-refractivity contribution is -0.137. The molecule has 1 aromatic carbocycles. The summed E-state index contributed by atoms with van der Waals surface area (Å²) in [7, 11) is 0. The maximum atomic E-state index is 11.2. The molecule has 2 rings (SSSR count). The van der Waals surface area contributed by atoms with Gasteiger partial charge in [-0.1, -0.05) is 29.8 Å². The van der Waals surface area contributed by atoms with Crippen molar-refractivity contribution < 1.29 is 9.53 Å². The van der Waals surface area contributed by atoms with Gasteiger partial charge in [0.25, 0.3) is 0 Å². The van der Waals surface area contributed by atoms with Crippen LogP contribution in [0.1, 0.15) is 12.6 Å². The first-order chi connectivity index (χ1) is 8.70. The number of hydrogen-bond donors (Lipinski definition) is 0. The molecular weight excluding hydrogens is 250 g/mol. The van der Waals surface area contributed by atoms with Gasteiger partial charge in [-0.3, -0.25) is 0 Å². The van der Waals surface area contributed by atoms with E-state index in [-0.39, 0.29) is 5.97 Å². The molecular formula is C14H12ClNO2. The summed E-state index contributed by atoms with van der Waals surface area (Å²) in [6.45, 7) is 2.12. The number of ether oxygens (including phenoxy) is 1. The largest absolute Gasteiger partial charge is 0.463 e. The van der Waals surface area contributed by atoms with E-state index in [1.807, 2.05) is 24.3 Å². The number of rotatable bonds is 3. The van der Waals surface area contributed by atoms with E-state index >= 15 is 0 Å². The Balaban J connectivity index is 2.30. The summed E-state index contributed by atoms with van der Waals surface area (Å²) in [5.41, 5.74) is 1.40. The van der Waals surface area contributed by atoms with Crippen LogP contribution in [0.2, 0.25) is 5.02 Å². The SMILES string of the molecule is CCOC(=O)/C=C/c1ccc2cccc(Cl)c2n1. The quantitative estimate of drug-likeness (QED) is 0.627. The van der Waals surface area contributed by atoms with Crippen molar-refractivity contribution in [1.29, 1.82) is 0 Å². The van der Waals surface area contributed by atoms with Crippen molar-refractivity contribution in [3.8, 4) is 0 Å². The number of carbonyl (C=O) groups excluding carboxylic acids is 1. The first kappa shape index (κ1) is 12.6. The highest BCUT2D eigenvalue weighted by Gasteiger charge is 2.01. The fourth-order valence-electron chi connectivity index (χ4n) is 1.56. The zero-order chi connectivity index (χ0) is 13.0. The third-order valence-corrected chi connectivity index (χ3v) is 2.67. The molecule has 0 aliphatic carbocycles. The minimum Gasteiger partial charge on any atom is -0.463 e. The second kappa shape index (κ2) is 5.65.